The molecule has 0 atom stereocenters. The third-order valence-corrected chi connectivity index (χ3v) is 2.77. The zero-order chi connectivity index (χ0) is 19.5. The van der Waals surface area contributed by atoms with E-state index in [0.717, 1.165) is 0 Å². The van der Waals surface area contributed by atoms with Crippen molar-refractivity contribution >= 4 is 35.8 Å². The molecule has 0 aromatic carbocycles. The number of aldehydes is 1. The lowest BCUT2D eigenvalue weighted by Gasteiger charge is -2.28. The van der Waals surface area contributed by atoms with E-state index in [1.54, 1.807) is 6.92 Å². The minimum atomic E-state index is -2.44. The van der Waals surface area contributed by atoms with Crippen molar-refractivity contribution in [2.24, 2.45) is 0 Å². The summed E-state index contributed by atoms with van der Waals surface area (Å²) in [7, 11) is 0. The zero-order valence-electron chi connectivity index (χ0n) is 13.4. The van der Waals surface area contributed by atoms with Gasteiger partial charge < -0.3 is 20.8 Å². The molecule has 0 saturated heterocycles. The molecule has 0 radical (unpaired) electrons. The van der Waals surface area contributed by atoms with E-state index in [1.807, 2.05) is 10.6 Å². The summed E-state index contributed by atoms with van der Waals surface area (Å²) >= 11 is 0. The van der Waals surface area contributed by atoms with Crippen LogP contribution in [0.2, 0.25) is 0 Å². The summed E-state index contributed by atoms with van der Waals surface area (Å²) < 4.78 is 0. The minimum absolute atomic E-state index is 0.00991. The van der Waals surface area contributed by atoms with Gasteiger partial charge in [-0.1, -0.05) is 13.3 Å². The van der Waals surface area contributed by atoms with E-state index in [1.165, 1.54) is 0 Å². The molecule has 4 N–H and O–H groups in total. The molecule has 0 saturated carbocycles. The van der Waals surface area contributed by atoms with Gasteiger partial charge in [-0.3, -0.25) is 19.2 Å². The van der Waals surface area contributed by atoms with Crippen molar-refractivity contribution in [3.05, 3.63) is 24.3 Å². The van der Waals surface area contributed by atoms with Crippen LogP contribution in [-0.4, -0.2) is 51.7 Å². The van der Waals surface area contributed by atoms with Crippen molar-refractivity contribution in [2.45, 2.75) is 31.8 Å². The van der Waals surface area contributed by atoms with Gasteiger partial charge in [-0.2, -0.15) is 0 Å². The van der Waals surface area contributed by atoms with E-state index in [9.17, 15) is 28.8 Å². The fraction of sp³-hybridized carbons (Fsp3) is 0.333. The fourth-order valence-electron chi connectivity index (χ4n) is 1.60. The van der Waals surface area contributed by atoms with Gasteiger partial charge in [0.1, 0.15) is 0 Å². The van der Waals surface area contributed by atoms with Gasteiger partial charge in [-0.15, -0.1) is 0 Å². The molecule has 25 heavy (non-hydrogen) atoms. The zero-order valence-corrected chi connectivity index (χ0v) is 13.4. The first-order valence-corrected chi connectivity index (χ1v) is 7.12. The molecule has 0 rings (SSSR count). The van der Waals surface area contributed by atoms with Crippen LogP contribution in [0, 0.1) is 0 Å². The number of rotatable bonds is 11. The molecule has 10 heteroatoms. The topological polar surface area (TPSA) is 167 Å². The largest absolute Gasteiger partial charge is 0.478 e. The molecule has 0 bridgehead atoms. The van der Waals surface area contributed by atoms with Crippen molar-refractivity contribution in [3.63, 3.8) is 0 Å². The molecular weight excluding hydrogens is 336 g/mol. The first kappa shape index (κ1) is 21.7. The van der Waals surface area contributed by atoms with Crippen molar-refractivity contribution in [1.29, 1.82) is 0 Å². The molecular formula is C15H18N2O8. The average Bonchev–Trinajstić information content (AvgIpc) is 2.55. The summed E-state index contributed by atoms with van der Waals surface area (Å²) in [5.41, 5.74) is -2.44. The number of Topliss-reactive ketones (excluding diaryl/α,β-unsaturated/α-hetero) is 1. The first-order chi connectivity index (χ1) is 11.7. The van der Waals surface area contributed by atoms with Gasteiger partial charge in [0.15, 0.2) is 12.1 Å². The maximum atomic E-state index is 12.3. The van der Waals surface area contributed by atoms with Gasteiger partial charge >= 0.3 is 11.9 Å². The number of hydrogen-bond donors (Lipinski definition) is 4. The van der Waals surface area contributed by atoms with Gasteiger partial charge in [0.05, 0.1) is 0 Å². The van der Waals surface area contributed by atoms with Crippen molar-refractivity contribution in [3.8, 4) is 0 Å². The predicted octanol–water partition coefficient (Wildman–Crippen LogP) is -0.845. The lowest BCUT2D eigenvalue weighted by molar-refractivity contribution is -0.140. The molecule has 0 aliphatic carbocycles. The summed E-state index contributed by atoms with van der Waals surface area (Å²) in [5.74, 6) is -5.92. The Bertz CT molecular complexity index is 583. The van der Waals surface area contributed by atoms with Crippen molar-refractivity contribution in [2.75, 3.05) is 0 Å². The maximum absolute atomic E-state index is 12.3. The van der Waals surface area contributed by atoms with E-state index >= 15 is 0 Å². The van der Waals surface area contributed by atoms with Crippen LogP contribution in [0.3, 0.4) is 0 Å². The third kappa shape index (κ3) is 8.21. The van der Waals surface area contributed by atoms with E-state index in [0.29, 0.717) is 37.1 Å². The normalized spacial score (nSPS) is 11.2. The van der Waals surface area contributed by atoms with E-state index in [2.05, 4.69) is 0 Å². The minimum Gasteiger partial charge on any atom is -0.478 e. The number of unbranched alkanes of at least 4 members (excludes halogenated alkanes) is 1. The number of carbonyl (C=O) groups excluding carboxylic acids is 4. The Labute approximate surface area is 142 Å². The molecule has 136 valence electrons. The number of nitrogens with one attached hydrogen (secondary N) is 2. The second-order valence-electron chi connectivity index (χ2n) is 4.77. The molecule has 0 aromatic heterocycles. The smallest absolute Gasteiger partial charge is 0.328 e. The number of amides is 2. The van der Waals surface area contributed by atoms with Gasteiger partial charge in [0.2, 0.25) is 17.5 Å². The fourth-order valence-corrected chi connectivity index (χ4v) is 1.60. The van der Waals surface area contributed by atoms with Crippen molar-refractivity contribution < 1.29 is 39.0 Å². The molecule has 0 aliphatic rings. The Morgan fingerprint density at radius 2 is 1.32 bits per heavy atom. The third-order valence-electron chi connectivity index (χ3n) is 2.77. The average molecular weight is 354 g/mol. The van der Waals surface area contributed by atoms with Crippen molar-refractivity contribution in [1.82, 2.24) is 10.6 Å². The van der Waals surface area contributed by atoms with E-state index < -0.39 is 35.2 Å². The van der Waals surface area contributed by atoms with Crippen LogP contribution in [0.25, 0.3) is 0 Å². The second-order valence-corrected chi connectivity index (χ2v) is 4.77. The summed E-state index contributed by atoms with van der Waals surface area (Å²) in [6, 6.07) is 0. The molecule has 0 aromatic rings. The Morgan fingerprint density at radius 1 is 0.880 bits per heavy atom. The van der Waals surface area contributed by atoms with Gasteiger partial charge in [-0.05, 0) is 6.42 Å². The lowest BCUT2D eigenvalue weighted by atomic mass is 10.0. The molecule has 0 heterocycles. The highest BCUT2D eigenvalue weighted by molar-refractivity contribution is 6.10. The molecule has 0 fully saturated rings. The number of carboxylic acid groups (broad SMARTS) is 2. The number of ketones is 1. The summed E-state index contributed by atoms with van der Waals surface area (Å²) in [6.07, 6.45) is 2.89. The Morgan fingerprint density at radius 3 is 1.64 bits per heavy atom. The van der Waals surface area contributed by atoms with E-state index in [4.69, 9.17) is 10.2 Å². The summed E-state index contributed by atoms with van der Waals surface area (Å²) in [6.45, 7) is 1.78. The van der Waals surface area contributed by atoms with E-state index in [-0.39, 0.29) is 12.7 Å². The number of carboxylic acids is 2. The van der Waals surface area contributed by atoms with Crippen LogP contribution in [0.1, 0.15) is 26.2 Å². The van der Waals surface area contributed by atoms with Crippen LogP contribution in [0.4, 0.5) is 0 Å². The van der Waals surface area contributed by atoms with Crippen LogP contribution in [0.15, 0.2) is 24.3 Å². The molecule has 0 unspecified atom stereocenters. The van der Waals surface area contributed by atoms with Crippen LogP contribution in [0.5, 0.6) is 0 Å². The SMILES string of the molecule is CCCCC(=O)C(C=O)(NC(=O)/C=C\C(=O)O)NC(=O)/C=C\C(=O)O. The number of hydrogen-bond acceptors (Lipinski definition) is 6. The first-order valence-electron chi connectivity index (χ1n) is 7.12. The predicted molar refractivity (Wildman–Crippen MR) is 83.2 cm³/mol. The summed E-state index contributed by atoms with van der Waals surface area (Å²) in [4.78, 5) is 67.9. The van der Waals surface area contributed by atoms with Crippen LogP contribution >= 0.6 is 0 Å². The molecule has 0 aliphatic heterocycles. The van der Waals surface area contributed by atoms with Gasteiger partial charge in [0, 0.05) is 30.7 Å². The highest BCUT2D eigenvalue weighted by Crippen LogP contribution is 2.07. The van der Waals surface area contributed by atoms with Crippen LogP contribution < -0.4 is 10.6 Å². The monoisotopic (exact) mass is 354 g/mol. The maximum Gasteiger partial charge on any atom is 0.328 e. The Kier molecular flexibility index (Phi) is 9.09. The molecule has 2 amide bonds. The van der Waals surface area contributed by atoms with Gasteiger partial charge in [-0.25, -0.2) is 9.59 Å². The second kappa shape index (κ2) is 10.5. The molecule has 0 spiro atoms. The Balaban J connectivity index is 5.52. The number of aliphatic carboxylic acids is 2. The van der Waals surface area contributed by atoms with Crippen LogP contribution in [-0.2, 0) is 28.8 Å². The summed E-state index contributed by atoms with van der Waals surface area (Å²) in [5, 5.41) is 20.8. The highest BCUT2D eigenvalue weighted by atomic mass is 16.4. The number of carbonyl (C=O) groups is 6. The standard InChI is InChI=1S/C15H18N2O8/c1-2-3-4-10(19)15(9-18,16-11(20)5-7-13(22)23)17-12(21)6-8-14(24)25/h5-9H,2-4H2,1H3,(H,16,20)(H,17,21)(H,22,23)(H,24,25)/b7-5-,8-6-. The van der Waals surface area contributed by atoms with Gasteiger partial charge in [0.25, 0.3) is 0 Å². The Hall–Kier alpha value is -3.30. The quantitative estimate of drug-likeness (QED) is 0.161. The molecule has 10 nitrogen and oxygen atoms in total. The highest BCUT2D eigenvalue weighted by Gasteiger charge is 2.40. The lowest BCUT2D eigenvalue weighted by Crippen LogP contribution is -2.66.